The van der Waals surface area contributed by atoms with Crippen LogP contribution in [-0.2, 0) is 14.3 Å². The number of nitrogens with zero attached hydrogens (tertiary/aromatic N) is 1. The maximum absolute atomic E-state index is 12.8. The van der Waals surface area contributed by atoms with Gasteiger partial charge in [0.25, 0.3) is 5.91 Å². The molecule has 1 unspecified atom stereocenters. The zero-order valence-electron chi connectivity index (χ0n) is 18.2. The molecule has 1 atom stereocenters. The van der Waals surface area contributed by atoms with Gasteiger partial charge in [0.05, 0.1) is 0 Å². The summed E-state index contributed by atoms with van der Waals surface area (Å²) in [6.45, 7) is 11.6. The van der Waals surface area contributed by atoms with Gasteiger partial charge in [0.1, 0.15) is 11.6 Å². The Balaban J connectivity index is 2.63. The van der Waals surface area contributed by atoms with Gasteiger partial charge in [-0.3, -0.25) is 14.4 Å². The van der Waals surface area contributed by atoms with Crippen LogP contribution in [0.15, 0.2) is 24.3 Å². The largest absolute Gasteiger partial charge is 0.460 e. The third-order valence-electron chi connectivity index (χ3n) is 4.17. The van der Waals surface area contributed by atoms with Crippen LogP contribution < -0.4 is 5.32 Å². The third-order valence-corrected chi connectivity index (χ3v) is 4.17. The number of aryl methyl sites for hydroxylation is 1. The predicted octanol–water partition coefficient (Wildman–Crippen LogP) is 3.33. The van der Waals surface area contributed by atoms with Gasteiger partial charge in [-0.1, -0.05) is 31.5 Å². The van der Waals surface area contributed by atoms with Gasteiger partial charge in [-0.05, 0) is 52.2 Å². The van der Waals surface area contributed by atoms with E-state index in [1.807, 2.05) is 53.7 Å². The molecule has 0 bridgehead atoms. The minimum Gasteiger partial charge on any atom is -0.460 e. The second-order valence-corrected chi connectivity index (χ2v) is 8.51. The molecule has 0 spiro atoms. The number of amides is 2. The molecule has 6 heteroatoms. The van der Waals surface area contributed by atoms with Gasteiger partial charge in [0.2, 0.25) is 5.91 Å². The topological polar surface area (TPSA) is 75.7 Å². The zero-order valence-corrected chi connectivity index (χ0v) is 18.2. The Morgan fingerprint density at radius 2 is 1.82 bits per heavy atom. The molecule has 0 aliphatic heterocycles. The van der Waals surface area contributed by atoms with Gasteiger partial charge < -0.3 is 15.0 Å². The van der Waals surface area contributed by atoms with Crippen molar-refractivity contribution in [2.45, 2.75) is 66.0 Å². The van der Waals surface area contributed by atoms with Gasteiger partial charge in [-0.25, -0.2) is 0 Å². The molecule has 0 aromatic heterocycles. The first-order chi connectivity index (χ1) is 12.9. The normalized spacial score (nSPS) is 12.4. The Bertz CT molecular complexity index is 692. The van der Waals surface area contributed by atoms with Crippen LogP contribution in [0, 0.1) is 12.8 Å². The summed E-state index contributed by atoms with van der Waals surface area (Å²) in [5, 5.41) is 2.85. The van der Waals surface area contributed by atoms with Crippen molar-refractivity contribution in [1.29, 1.82) is 0 Å². The molecule has 1 aromatic rings. The van der Waals surface area contributed by atoms with E-state index in [2.05, 4.69) is 5.32 Å². The van der Waals surface area contributed by atoms with Gasteiger partial charge >= 0.3 is 5.97 Å². The smallest absolute Gasteiger partial charge is 0.306 e. The second kappa shape index (κ2) is 10.2. The van der Waals surface area contributed by atoms with Crippen LogP contribution in [0.5, 0.6) is 0 Å². The highest BCUT2D eigenvalue weighted by Crippen LogP contribution is 2.11. The molecule has 6 nitrogen and oxygen atoms in total. The second-order valence-electron chi connectivity index (χ2n) is 8.51. The Labute approximate surface area is 168 Å². The van der Waals surface area contributed by atoms with E-state index < -0.39 is 11.6 Å². The molecule has 0 aliphatic carbocycles. The molecule has 28 heavy (non-hydrogen) atoms. The summed E-state index contributed by atoms with van der Waals surface area (Å²) in [5.41, 5.74) is 1.01. The number of nitrogens with one attached hydrogen (secondary N) is 1. The molecule has 0 saturated heterocycles. The Morgan fingerprint density at radius 3 is 2.36 bits per heavy atom. The van der Waals surface area contributed by atoms with Crippen molar-refractivity contribution in [3.63, 3.8) is 0 Å². The standard InChI is InChI=1S/C22H34N2O4/c1-15(2)19(23-20(26)17-11-8-10-16(3)14-17)21(27)24(7)13-9-12-18(25)28-22(4,5)6/h8,10-11,14-15,19H,9,12-13H2,1-7H3,(H,23,26). The quantitative estimate of drug-likeness (QED) is 0.691. The van der Waals surface area contributed by atoms with Crippen molar-refractivity contribution >= 4 is 17.8 Å². The summed E-state index contributed by atoms with van der Waals surface area (Å²) < 4.78 is 5.28. The van der Waals surface area contributed by atoms with Crippen molar-refractivity contribution in [3.8, 4) is 0 Å². The molecule has 156 valence electrons. The average molecular weight is 391 g/mol. The number of esters is 1. The van der Waals surface area contributed by atoms with Crippen molar-refractivity contribution in [1.82, 2.24) is 10.2 Å². The highest BCUT2D eigenvalue weighted by Gasteiger charge is 2.27. The summed E-state index contributed by atoms with van der Waals surface area (Å²) in [7, 11) is 1.69. The Kier molecular flexibility index (Phi) is 8.66. The molecule has 0 fully saturated rings. The molecular formula is C22H34N2O4. The van der Waals surface area contributed by atoms with Crippen LogP contribution in [0.1, 0.15) is 63.4 Å². The van der Waals surface area contributed by atoms with Crippen LogP contribution in [0.25, 0.3) is 0 Å². The van der Waals surface area contributed by atoms with Gasteiger partial charge in [0.15, 0.2) is 0 Å². The van der Waals surface area contributed by atoms with Crippen molar-refractivity contribution < 1.29 is 19.1 Å². The van der Waals surface area contributed by atoms with Crippen molar-refractivity contribution in [3.05, 3.63) is 35.4 Å². The van der Waals surface area contributed by atoms with E-state index in [9.17, 15) is 14.4 Å². The van der Waals surface area contributed by atoms with Crippen LogP contribution in [0.4, 0.5) is 0 Å². The maximum Gasteiger partial charge on any atom is 0.306 e. The summed E-state index contributed by atoms with van der Waals surface area (Å²) in [5.74, 6) is -0.769. The van der Waals surface area contributed by atoms with E-state index in [0.29, 0.717) is 18.5 Å². The molecule has 1 aromatic carbocycles. The molecule has 1 N–H and O–H groups in total. The lowest BCUT2D eigenvalue weighted by atomic mass is 10.0. The molecular weight excluding hydrogens is 356 g/mol. The minimum atomic E-state index is -0.625. The number of carbonyl (C=O) groups is 3. The van der Waals surface area contributed by atoms with Crippen LogP contribution >= 0.6 is 0 Å². The number of likely N-dealkylation sites (N-methyl/N-ethyl adjacent to an activating group) is 1. The SMILES string of the molecule is Cc1cccc(C(=O)NC(C(=O)N(C)CCCC(=O)OC(C)(C)C)C(C)C)c1. The zero-order chi connectivity index (χ0) is 21.5. The predicted molar refractivity (Wildman–Crippen MR) is 110 cm³/mol. The van der Waals surface area contributed by atoms with E-state index in [1.54, 1.807) is 24.1 Å². The van der Waals surface area contributed by atoms with E-state index >= 15 is 0 Å². The molecule has 0 saturated carbocycles. The number of ether oxygens (including phenoxy) is 1. The summed E-state index contributed by atoms with van der Waals surface area (Å²) in [6, 6.07) is 6.63. The number of hydrogen-bond donors (Lipinski definition) is 1. The van der Waals surface area contributed by atoms with Gasteiger partial charge in [-0.2, -0.15) is 0 Å². The van der Waals surface area contributed by atoms with E-state index in [1.165, 1.54) is 0 Å². The fourth-order valence-corrected chi connectivity index (χ4v) is 2.73. The third kappa shape index (κ3) is 8.11. The highest BCUT2D eigenvalue weighted by molar-refractivity contribution is 5.97. The lowest BCUT2D eigenvalue weighted by Gasteiger charge is -2.27. The number of hydrogen-bond acceptors (Lipinski definition) is 4. The van der Waals surface area contributed by atoms with Gasteiger partial charge in [0, 0.05) is 25.6 Å². The van der Waals surface area contributed by atoms with Crippen molar-refractivity contribution in [2.75, 3.05) is 13.6 Å². The first-order valence-corrected chi connectivity index (χ1v) is 9.75. The molecule has 2 amide bonds. The Morgan fingerprint density at radius 1 is 1.18 bits per heavy atom. The summed E-state index contributed by atoms with van der Waals surface area (Å²) >= 11 is 0. The lowest BCUT2D eigenvalue weighted by molar-refractivity contribution is -0.155. The minimum absolute atomic E-state index is 0.0606. The van der Waals surface area contributed by atoms with E-state index in [4.69, 9.17) is 4.74 Å². The summed E-state index contributed by atoms with van der Waals surface area (Å²) in [6.07, 6.45) is 0.755. The van der Waals surface area contributed by atoms with E-state index in [-0.39, 0.29) is 30.1 Å². The number of rotatable bonds is 8. The molecule has 1 rings (SSSR count). The van der Waals surface area contributed by atoms with Crippen molar-refractivity contribution in [2.24, 2.45) is 5.92 Å². The average Bonchev–Trinajstić information content (AvgIpc) is 2.56. The number of carbonyl (C=O) groups excluding carboxylic acids is 3. The number of benzene rings is 1. The Hall–Kier alpha value is -2.37. The molecule has 0 heterocycles. The van der Waals surface area contributed by atoms with Crippen LogP contribution in [0.3, 0.4) is 0 Å². The fourth-order valence-electron chi connectivity index (χ4n) is 2.73. The molecule has 0 aliphatic rings. The highest BCUT2D eigenvalue weighted by atomic mass is 16.6. The first-order valence-electron chi connectivity index (χ1n) is 9.75. The fraction of sp³-hybridized carbons (Fsp3) is 0.591. The van der Waals surface area contributed by atoms with Gasteiger partial charge in [-0.15, -0.1) is 0 Å². The molecule has 0 radical (unpaired) electrons. The first kappa shape index (κ1) is 23.7. The van der Waals surface area contributed by atoms with Crippen LogP contribution in [-0.4, -0.2) is 47.9 Å². The summed E-state index contributed by atoms with van der Waals surface area (Å²) in [4.78, 5) is 38.7. The lowest BCUT2D eigenvalue weighted by Crippen LogP contribution is -2.50. The van der Waals surface area contributed by atoms with Crippen LogP contribution in [0.2, 0.25) is 0 Å². The monoisotopic (exact) mass is 390 g/mol. The maximum atomic E-state index is 12.8. The van der Waals surface area contributed by atoms with E-state index in [0.717, 1.165) is 5.56 Å².